The van der Waals surface area contributed by atoms with Gasteiger partial charge in [-0.2, -0.15) is 0 Å². The fourth-order valence-electron chi connectivity index (χ4n) is 1.74. The van der Waals surface area contributed by atoms with E-state index in [4.69, 9.17) is 4.74 Å². The Morgan fingerprint density at radius 3 is 2.83 bits per heavy atom. The van der Waals surface area contributed by atoms with E-state index in [0.29, 0.717) is 11.8 Å². The first-order valence-corrected chi connectivity index (χ1v) is 5.01. The number of ether oxygens (including phenoxy) is 1. The van der Waals surface area contributed by atoms with Gasteiger partial charge in [0.1, 0.15) is 0 Å². The summed E-state index contributed by atoms with van der Waals surface area (Å²) < 4.78 is 5.34. The van der Waals surface area contributed by atoms with E-state index < -0.39 is 0 Å². The lowest BCUT2D eigenvalue weighted by Gasteiger charge is -2.29. The Bertz CT molecular complexity index is 119. The molecule has 0 aromatic rings. The predicted octanol–water partition coefficient (Wildman–Crippen LogP) is 1.82. The van der Waals surface area contributed by atoms with Crippen LogP contribution in [-0.2, 0) is 4.74 Å². The van der Waals surface area contributed by atoms with Gasteiger partial charge in [0, 0.05) is 12.5 Å². The molecule has 1 aliphatic heterocycles. The molecular formula is C10H20O2. The highest BCUT2D eigenvalue weighted by Gasteiger charge is 2.25. The summed E-state index contributed by atoms with van der Waals surface area (Å²) in [5, 5.41) is 9.86. The standard InChI is InChI=1S/C10H20O2/c1-3-8(2)10(11)9-5-4-6-12-7-9/h8-11H,3-7H2,1-2H3. The van der Waals surface area contributed by atoms with Crippen LogP contribution in [0.2, 0.25) is 0 Å². The van der Waals surface area contributed by atoms with Crippen LogP contribution in [0.25, 0.3) is 0 Å². The molecule has 1 rings (SSSR count). The minimum atomic E-state index is -0.157. The van der Waals surface area contributed by atoms with Crippen LogP contribution < -0.4 is 0 Å². The van der Waals surface area contributed by atoms with Gasteiger partial charge in [0.25, 0.3) is 0 Å². The zero-order valence-electron chi connectivity index (χ0n) is 8.12. The highest BCUT2D eigenvalue weighted by molar-refractivity contribution is 4.75. The van der Waals surface area contributed by atoms with Crippen molar-refractivity contribution in [1.82, 2.24) is 0 Å². The van der Waals surface area contributed by atoms with Gasteiger partial charge in [-0.1, -0.05) is 20.3 Å². The second-order valence-electron chi connectivity index (χ2n) is 3.85. The molecule has 72 valence electrons. The Hall–Kier alpha value is -0.0800. The quantitative estimate of drug-likeness (QED) is 0.703. The van der Waals surface area contributed by atoms with Crippen molar-refractivity contribution in [3.8, 4) is 0 Å². The van der Waals surface area contributed by atoms with Gasteiger partial charge < -0.3 is 9.84 Å². The lowest BCUT2D eigenvalue weighted by atomic mass is 9.87. The van der Waals surface area contributed by atoms with Crippen molar-refractivity contribution < 1.29 is 9.84 Å². The Balaban J connectivity index is 2.33. The molecule has 0 radical (unpaired) electrons. The summed E-state index contributed by atoms with van der Waals surface area (Å²) in [5.74, 6) is 0.797. The van der Waals surface area contributed by atoms with Gasteiger partial charge >= 0.3 is 0 Å². The Kier molecular flexibility index (Phi) is 4.02. The molecular weight excluding hydrogens is 152 g/mol. The summed E-state index contributed by atoms with van der Waals surface area (Å²) in [6, 6.07) is 0. The molecule has 12 heavy (non-hydrogen) atoms. The van der Waals surface area contributed by atoms with Crippen molar-refractivity contribution in [2.24, 2.45) is 11.8 Å². The maximum atomic E-state index is 9.86. The molecule has 0 aliphatic carbocycles. The van der Waals surface area contributed by atoms with Gasteiger partial charge in [-0.05, 0) is 18.8 Å². The molecule has 1 aliphatic rings. The van der Waals surface area contributed by atoms with Crippen molar-refractivity contribution in [2.75, 3.05) is 13.2 Å². The summed E-state index contributed by atoms with van der Waals surface area (Å²) in [6.45, 7) is 5.87. The van der Waals surface area contributed by atoms with Gasteiger partial charge in [-0.3, -0.25) is 0 Å². The van der Waals surface area contributed by atoms with E-state index in [1.54, 1.807) is 0 Å². The van der Waals surface area contributed by atoms with Gasteiger partial charge in [0.15, 0.2) is 0 Å². The largest absolute Gasteiger partial charge is 0.392 e. The SMILES string of the molecule is CCC(C)C(O)C1CCCOC1. The lowest BCUT2D eigenvalue weighted by Crippen LogP contribution is -2.33. The average Bonchev–Trinajstić information content (AvgIpc) is 2.17. The van der Waals surface area contributed by atoms with Crippen LogP contribution >= 0.6 is 0 Å². The Morgan fingerprint density at radius 2 is 2.33 bits per heavy atom. The second-order valence-corrected chi connectivity index (χ2v) is 3.85. The molecule has 0 amide bonds. The van der Waals surface area contributed by atoms with Gasteiger partial charge in [0.05, 0.1) is 12.7 Å². The van der Waals surface area contributed by atoms with Gasteiger partial charge in [-0.25, -0.2) is 0 Å². The second kappa shape index (κ2) is 4.83. The minimum Gasteiger partial charge on any atom is -0.392 e. The first-order valence-electron chi connectivity index (χ1n) is 5.01. The number of rotatable bonds is 3. The fourth-order valence-corrected chi connectivity index (χ4v) is 1.74. The van der Waals surface area contributed by atoms with E-state index in [0.717, 1.165) is 32.5 Å². The molecule has 3 unspecified atom stereocenters. The number of hydrogen-bond acceptors (Lipinski definition) is 2. The third-order valence-corrected chi connectivity index (χ3v) is 2.91. The van der Waals surface area contributed by atoms with E-state index in [9.17, 15) is 5.11 Å². The molecule has 2 heteroatoms. The zero-order valence-corrected chi connectivity index (χ0v) is 8.12. The first-order chi connectivity index (χ1) is 5.75. The van der Waals surface area contributed by atoms with Crippen LogP contribution in [0.5, 0.6) is 0 Å². The van der Waals surface area contributed by atoms with E-state index >= 15 is 0 Å². The molecule has 1 N–H and O–H groups in total. The highest BCUT2D eigenvalue weighted by Crippen LogP contribution is 2.23. The maximum absolute atomic E-state index is 9.86. The Morgan fingerprint density at radius 1 is 1.58 bits per heavy atom. The van der Waals surface area contributed by atoms with Gasteiger partial charge in [0.2, 0.25) is 0 Å². The van der Waals surface area contributed by atoms with E-state index in [1.165, 1.54) is 0 Å². The smallest absolute Gasteiger partial charge is 0.0615 e. The summed E-state index contributed by atoms with van der Waals surface area (Å²) in [7, 11) is 0. The van der Waals surface area contributed by atoms with Crippen molar-refractivity contribution in [1.29, 1.82) is 0 Å². The molecule has 0 spiro atoms. The number of hydrogen-bond donors (Lipinski definition) is 1. The maximum Gasteiger partial charge on any atom is 0.0615 e. The summed E-state index contributed by atoms with van der Waals surface area (Å²) in [5.41, 5.74) is 0. The summed E-state index contributed by atoms with van der Waals surface area (Å²) in [6.07, 6.45) is 3.14. The van der Waals surface area contributed by atoms with Crippen molar-refractivity contribution in [3.63, 3.8) is 0 Å². The number of aliphatic hydroxyl groups excluding tert-OH is 1. The summed E-state index contributed by atoms with van der Waals surface area (Å²) >= 11 is 0. The third kappa shape index (κ3) is 2.46. The lowest BCUT2D eigenvalue weighted by molar-refractivity contribution is -0.0303. The van der Waals surface area contributed by atoms with E-state index in [2.05, 4.69) is 13.8 Å². The molecule has 1 fully saturated rings. The minimum absolute atomic E-state index is 0.157. The average molecular weight is 172 g/mol. The molecule has 0 aromatic heterocycles. The van der Waals surface area contributed by atoms with Crippen molar-refractivity contribution in [2.45, 2.75) is 39.2 Å². The predicted molar refractivity (Wildman–Crippen MR) is 49.0 cm³/mol. The van der Waals surface area contributed by atoms with Gasteiger partial charge in [-0.15, -0.1) is 0 Å². The van der Waals surface area contributed by atoms with Crippen LogP contribution in [0.3, 0.4) is 0 Å². The fraction of sp³-hybridized carbons (Fsp3) is 1.00. The third-order valence-electron chi connectivity index (χ3n) is 2.91. The Labute approximate surface area is 74.9 Å². The van der Waals surface area contributed by atoms with E-state index in [1.807, 2.05) is 0 Å². The molecule has 0 bridgehead atoms. The van der Waals surface area contributed by atoms with Crippen molar-refractivity contribution >= 4 is 0 Å². The van der Waals surface area contributed by atoms with Crippen LogP contribution in [0, 0.1) is 11.8 Å². The summed E-state index contributed by atoms with van der Waals surface area (Å²) in [4.78, 5) is 0. The van der Waals surface area contributed by atoms with Crippen LogP contribution in [0.15, 0.2) is 0 Å². The molecule has 0 aromatic carbocycles. The molecule has 1 heterocycles. The molecule has 2 nitrogen and oxygen atoms in total. The van der Waals surface area contributed by atoms with Crippen LogP contribution in [0.4, 0.5) is 0 Å². The normalized spacial score (nSPS) is 29.8. The monoisotopic (exact) mass is 172 g/mol. The van der Waals surface area contributed by atoms with Crippen LogP contribution in [-0.4, -0.2) is 24.4 Å². The van der Waals surface area contributed by atoms with Crippen molar-refractivity contribution in [3.05, 3.63) is 0 Å². The van der Waals surface area contributed by atoms with Crippen LogP contribution in [0.1, 0.15) is 33.1 Å². The zero-order chi connectivity index (χ0) is 8.97. The molecule has 0 saturated carbocycles. The molecule has 3 atom stereocenters. The topological polar surface area (TPSA) is 29.5 Å². The molecule has 1 saturated heterocycles. The highest BCUT2D eigenvalue weighted by atomic mass is 16.5. The van der Waals surface area contributed by atoms with E-state index in [-0.39, 0.29) is 6.10 Å². The first kappa shape index (κ1) is 10.0. The number of aliphatic hydroxyl groups is 1.